The van der Waals surface area contributed by atoms with Crippen molar-refractivity contribution in [3.05, 3.63) is 36.2 Å². The lowest BCUT2D eigenvalue weighted by Gasteiger charge is -2.34. The lowest BCUT2D eigenvalue weighted by atomic mass is 10.2. The third kappa shape index (κ3) is 3.86. The van der Waals surface area contributed by atoms with E-state index in [1.807, 2.05) is 13.8 Å². The number of ether oxygens (including phenoxy) is 1. The summed E-state index contributed by atoms with van der Waals surface area (Å²) in [7, 11) is -3.71. The van der Waals surface area contributed by atoms with Gasteiger partial charge in [-0.05, 0) is 32.0 Å². The van der Waals surface area contributed by atoms with Crippen molar-refractivity contribution >= 4 is 21.9 Å². The number of H-pyrrole nitrogens is 1. The average Bonchev–Trinajstić information content (AvgIpc) is 3.07. The molecule has 0 radical (unpaired) electrons. The normalized spacial score (nSPS) is 21.8. The first-order valence-corrected chi connectivity index (χ1v) is 9.22. The summed E-state index contributed by atoms with van der Waals surface area (Å²) in [5.41, 5.74) is 0.215. The Kier molecular flexibility index (Phi) is 4.84. The second-order valence-corrected chi connectivity index (χ2v) is 7.83. The summed E-state index contributed by atoms with van der Waals surface area (Å²) >= 11 is 0. The SMILES string of the molecule is C[C@@H]1CN(S(=O)(=O)c2cccc(C(=O)Nc3ncn[nH]3)c2)C[C@@H](C)O1. The fourth-order valence-electron chi connectivity index (χ4n) is 2.72. The van der Waals surface area contributed by atoms with E-state index in [1.54, 1.807) is 0 Å². The Morgan fingerprint density at radius 2 is 2.04 bits per heavy atom. The predicted molar refractivity (Wildman–Crippen MR) is 89.5 cm³/mol. The number of nitrogens with zero attached hydrogens (tertiary/aromatic N) is 3. The Morgan fingerprint density at radius 3 is 2.68 bits per heavy atom. The van der Waals surface area contributed by atoms with E-state index in [2.05, 4.69) is 20.5 Å². The lowest BCUT2D eigenvalue weighted by Crippen LogP contribution is -2.48. The van der Waals surface area contributed by atoms with Gasteiger partial charge in [0, 0.05) is 18.7 Å². The molecule has 2 N–H and O–H groups in total. The van der Waals surface area contributed by atoms with E-state index in [0.717, 1.165) is 0 Å². The van der Waals surface area contributed by atoms with E-state index in [0.29, 0.717) is 0 Å². The molecule has 3 rings (SSSR count). The van der Waals surface area contributed by atoms with Gasteiger partial charge in [0.1, 0.15) is 6.33 Å². The Labute approximate surface area is 145 Å². The summed E-state index contributed by atoms with van der Waals surface area (Å²) in [5, 5.41) is 8.66. The van der Waals surface area contributed by atoms with Gasteiger partial charge in [0.15, 0.2) is 0 Å². The molecule has 9 nitrogen and oxygen atoms in total. The van der Waals surface area contributed by atoms with Crippen LogP contribution < -0.4 is 5.32 Å². The molecule has 2 atom stereocenters. The van der Waals surface area contributed by atoms with E-state index >= 15 is 0 Å². The monoisotopic (exact) mass is 365 g/mol. The highest BCUT2D eigenvalue weighted by atomic mass is 32.2. The number of nitrogens with one attached hydrogen (secondary N) is 2. The molecule has 1 saturated heterocycles. The number of amides is 1. The van der Waals surface area contributed by atoms with Crippen LogP contribution in [0, 0.1) is 0 Å². The number of carbonyl (C=O) groups is 1. The van der Waals surface area contributed by atoms with Crippen molar-refractivity contribution in [3.63, 3.8) is 0 Å². The van der Waals surface area contributed by atoms with Crippen LogP contribution in [0.5, 0.6) is 0 Å². The molecule has 1 aliphatic rings. The molecule has 2 heterocycles. The van der Waals surface area contributed by atoms with E-state index in [4.69, 9.17) is 4.74 Å². The quantitative estimate of drug-likeness (QED) is 0.830. The Balaban J connectivity index is 1.83. The highest BCUT2D eigenvalue weighted by Gasteiger charge is 2.32. The van der Waals surface area contributed by atoms with Crippen LogP contribution in [-0.2, 0) is 14.8 Å². The van der Waals surface area contributed by atoms with Crippen LogP contribution in [0.4, 0.5) is 5.95 Å². The number of hydrogen-bond donors (Lipinski definition) is 2. The van der Waals surface area contributed by atoms with Gasteiger partial charge in [-0.3, -0.25) is 10.1 Å². The van der Waals surface area contributed by atoms with Gasteiger partial charge in [-0.2, -0.15) is 14.4 Å². The molecule has 10 heteroatoms. The summed E-state index contributed by atoms with van der Waals surface area (Å²) in [6.07, 6.45) is 0.893. The number of rotatable bonds is 4. The zero-order chi connectivity index (χ0) is 18.0. The first-order valence-electron chi connectivity index (χ1n) is 7.78. The average molecular weight is 365 g/mol. The first-order chi connectivity index (χ1) is 11.9. The van der Waals surface area contributed by atoms with E-state index < -0.39 is 15.9 Å². The summed E-state index contributed by atoms with van der Waals surface area (Å²) < 4.78 is 32.7. The van der Waals surface area contributed by atoms with Crippen LogP contribution in [0.25, 0.3) is 0 Å². The van der Waals surface area contributed by atoms with Crippen molar-refractivity contribution in [3.8, 4) is 0 Å². The van der Waals surface area contributed by atoms with Crippen LogP contribution in [-0.4, -0.2) is 59.1 Å². The standard InChI is InChI=1S/C15H19N5O4S/c1-10-7-20(8-11(2)24-10)25(22,23)13-5-3-4-12(6-13)14(21)18-15-16-9-17-19-15/h3-6,9-11H,7-8H2,1-2H3,(H2,16,17,18,19,21)/t10-,11-/m1/s1. The van der Waals surface area contributed by atoms with Crippen molar-refractivity contribution in [2.24, 2.45) is 0 Å². The molecule has 1 aromatic carbocycles. The summed E-state index contributed by atoms with van der Waals surface area (Å²) in [6, 6.07) is 5.90. The van der Waals surface area contributed by atoms with E-state index in [9.17, 15) is 13.2 Å². The Hall–Kier alpha value is -2.30. The van der Waals surface area contributed by atoms with Gasteiger partial charge in [-0.15, -0.1) is 0 Å². The van der Waals surface area contributed by atoms with Crippen LogP contribution in [0.1, 0.15) is 24.2 Å². The van der Waals surface area contributed by atoms with Crippen molar-refractivity contribution in [2.45, 2.75) is 31.0 Å². The number of carbonyl (C=O) groups excluding carboxylic acids is 1. The minimum Gasteiger partial charge on any atom is -0.373 e. The highest BCUT2D eigenvalue weighted by molar-refractivity contribution is 7.89. The second kappa shape index (κ2) is 6.90. The summed E-state index contributed by atoms with van der Waals surface area (Å²) in [5.74, 6) is -0.286. The molecule has 0 spiro atoms. The predicted octanol–water partition coefficient (Wildman–Crippen LogP) is 0.855. The zero-order valence-corrected chi connectivity index (χ0v) is 14.7. The van der Waals surface area contributed by atoms with Gasteiger partial charge in [0.05, 0.1) is 17.1 Å². The summed E-state index contributed by atoms with van der Waals surface area (Å²) in [4.78, 5) is 16.1. The molecule has 25 heavy (non-hydrogen) atoms. The number of benzene rings is 1. The summed E-state index contributed by atoms with van der Waals surface area (Å²) in [6.45, 7) is 4.22. The van der Waals surface area contributed by atoms with Gasteiger partial charge in [-0.25, -0.2) is 13.5 Å². The van der Waals surface area contributed by atoms with Crippen LogP contribution >= 0.6 is 0 Å². The van der Waals surface area contributed by atoms with Gasteiger partial charge in [-0.1, -0.05) is 6.07 Å². The minimum atomic E-state index is -3.71. The number of aromatic nitrogens is 3. The third-order valence-electron chi connectivity index (χ3n) is 3.77. The molecule has 0 aliphatic carbocycles. The fourth-order valence-corrected chi connectivity index (χ4v) is 4.36. The topological polar surface area (TPSA) is 117 Å². The maximum atomic E-state index is 12.9. The van der Waals surface area contributed by atoms with Crippen LogP contribution in [0.15, 0.2) is 35.5 Å². The third-order valence-corrected chi connectivity index (χ3v) is 5.59. The van der Waals surface area contributed by atoms with Crippen molar-refractivity contribution in [2.75, 3.05) is 18.4 Å². The maximum absolute atomic E-state index is 12.9. The highest BCUT2D eigenvalue weighted by Crippen LogP contribution is 2.22. The van der Waals surface area contributed by atoms with E-state index in [-0.39, 0.29) is 41.7 Å². The fraction of sp³-hybridized carbons (Fsp3) is 0.400. The Bertz CT molecular complexity index is 843. The molecule has 134 valence electrons. The molecule has 0 bridgehead atoms. The first kappa shape index (κ1) is 17.5. The van der Waals surface area contributed by atoms with Gasteiger partial charge < -0.3 is 4.74 Å². The maximum Gasteiger partial charge on any atom is 0.258 e. The van der Waals surface area contributed by atoms with Gasteiger partial charge in [0.2, 0.25) is 16.0 Å². The zero-order valence-electron chi connectivity index (χ0n) is 13.8. The molecular formula is C15H19N5O4S. The van der Waals surface area contributed by atoms with Gasteiger partial charge in [0.25, 0.3) is 5.91 Å². The van der Waals surface area contributed by atoms with Crippen LogP contribution in [0.3, 0.4) is 0 Å². The minimum absolute atomic E-state index is 0.0685. The number of morpholine rings is 1. The molecule has 1 aromatic heterocycles. The second-order valence-electron chi connectivity index (χ2n) is 5.90. The molecule has 1 fully saturated rings. The molecule has 0 saturated carbocycles. The smallest absolute Gasteiger partial charge is 0.258 e. The van der Waals surface area contributed by atoms with Crippen molar-refractivity contribution in [1.29, 1.82) is 0 Å². The van der Waals surface area contributed by atoms with Crippen LogP contribution in [0.2, 0.25) is 0 Å². The van der Waals surface area contributed by atoms with Crippen molar-refractivity contribution in [1.82, 2.24) is 19.5 Å². The Morgan fingerprint density at radius 1 is 1.32 bits per heavy atom. The molecule has 0 unspecified atom stereocenters. The number of sulfonamides is 1. The lowest BCUT2D eigenvalue weighted by molar-refractivity contribution is -0.0440. The number of hydrogen-bond acceptors (Lipinski definition) is 6. The van der Waals surface area contributed by atoms with E-state index in [1.165, 1.54) is 34.9 Å². The molecule has 1 amide bonds. The van der Waals surface area contributed by atoms with Crippen molar-refractivity contribution < 1.29 is 17.9 Å². The number of anilines is 1. The molecule has 2 aromatic rings. The van der Waals surface area contributed by atoms with Gasteiger partial charge >= 0.3 is 0 Å². The number of aromatic amines is 1. The molecular weight excluding hydrogens is 346 g/mol. The largest absolute Gasteiger partial charge is 0.373 e. The molecule has 1 aliphatic heterocycles.